The number of hydrogen-bond acceptors (Lipinski definition) is 3. The summed E-state index contributed by atoms with van der Waals surface area (Å²) in [5.41, 5.74) is 0. The Kier molecular flexibility index (Phi) is 4.93. The van der Waals surface area contributed by atoms with E-state index in [-0.39, 0.29) is 5.97 Å². The van der Waals surface area contributed by atoms with Gasteiger partial charge >= 0.3 is 5.97 Å². The second-order valence-corrected chi connectivity index (χ2v) is 4.73. The molecule has 0 saturated heterocycles. The van der Waals surface area contributed by atoms with Crippen molar-refractivity contribution >= 4 is 29.3 Å². The molecule has 4 heteroatoms. The summed E-state index contributed by atoms with van der Waals surface area (Å²) in [6.07, 6.45) is 0. The van der Waals surface area contributed by atoms with Gasteiger partial charge in [-0.1, -0.05) is 18.5 Å². The van der Waals surface area contributed by atoms with Crippen LogP contribution >= 0.6 is 23.4 Å². The van der Waals surface area contributed by atoms with Gasteiger partial charge in [-0.15, -0.1) is 11.8 Å². The van der Waals surface area contributed by atoms with Crippen molar-refractivity contribution in [2.75, 3.05) is 12.4 Å². The van der Waals surface area contributed by atoms with Crippen LogP contribution in [0.4, 0.5) is 0 Å². The van der Waals surface area contributed by atoms with E-state index in [9.17, 15) is 4.79 Å². The van der Waals surface area contributed by atoms with E-state index in [2.05, 4.69) is 0 Å². The Bertz CT molecular complexity index is 136. The molecule has 0 aromatic rings. The SMILES string of the molecule is CCOC(=O)C(C)(Cl)SCC. The molecule has 1 atom stereocenters. The minimum Gasteiger partial charge on any atom is -0.464 e. The van der Waals surface area contributed by atoms with Gasteiger partial charge in [-0.2, -0.15) is 0 Å². The zero-order valence-corrected chi connectivity index (χ0v) is 8.59. The third-order valence-electron chi connectivity index (χ3n) is 1.06. The van der Waals surface area contributed by atoms with Crippen LogP contribution in [0.1, 0.15) is 20.8 Å². The topological polar surface area (TPSA) is 26.3 Å². The van der Waals surface area contributed by atoms with E-state index < -0.39 is 4.21 Å². The normalized spacial score (nSPS) is 15.6. The van der Waals surface area contributed by atoms with Crippen LogP contribution in [0, 0.1) is 0 Å². The third-order valence-corrected chi connectivity index (χ3v) is 2.53. The summed E-state index contributed by atoms with van der Waals surface area (Å²) >= 11 is 7.23. The Morgan fingerprint density at radius 3 is 2.55 bits per heavy atom. The molecule has 0 N–H and O–H groups in total. The van der Waals surface area contributed by atoms with Crippen molar-refractivity contribution in [3.8, 4) is 0 Å². The molecule has 0 bridgehead atoms. The van der Waals surface area contributed by atoms with E-state index in [1.807, 2.05) is 6.92 Å². The van der Waals surface area contributed by atoms with Gasteiger partial charge in [0.1, 0.15) is 0 Å². The standard InChI is InChI=1S/C7H13ClO2S/c1-4-10-6(9)7(3,8)11-5-2/h4-5H2,1-3H3. The Morgan fingerprint density at radius 2 is 2.18 bits per heavy atom. The predicted octanol–water partition coefficient (Wildman–Crippen LogP) is 2.26. The van der Waals surface area contributed by atoms with Crippen molar-refractivity contribution in [1.29, 1.82) is 0 Å². The number of alkyl halides is 1. The van der Waals surface area contributed by atoms with Crippen LogP contribution < -0.4 is 0 Å². The molecule has 0 heterocycles. The van der Waals surface area contributed by atoms with Crippen LogP contribution in [0.3, 0.4) is 0 Å². The summed E-state index contributed by atoms with van der Waals surface area (Å²) in [5.74, 6) is 0.451. The highest BCUT2D eigenvalue weighted by Crippen LogP contribution is 2.30. The molecule has 66 valence electrons. The lowest BCUT2D eigenvalue weighted by Gasteiger charge is -2.17. The molecule has 0 aliphatic carbocycles. The van der Waals surface area contributed by atoms with Crippen molar-refractivity contribution in [2.45, 2.75) is 25.0 Å². The number of rotatable bonds is 4. The first kappa shape index (κ1) is 11.1. The molecule has 0 fully saturated rings. The van der Waals surface area contributed by atoms with Crippen molar-refractivity contribution in [3.05, 3.63) is 0 Å². The largest absolute Gasteiger partial charge is 0.464 e. The molecule has 1 unspecified atom stereocenters. The highest BCUT2D eigenvalue weighted by molar-refractivity contribution is 8.02. The first-order valence-corrected chi connectivity index (χ1v) is 4.91. The Morgan fingerprint density at radius 1 is 1.64 bits per heavy atom. The van der Waals surface area contributed by atoms with E-state index in [0.717, 1.165) is 5.75 Å². The summed E-state index contributed by atoms with van der Waals surface area (Å²) in [4.78, 5) is 11.1. The fraction of sp³-hybridized carbons (Fsp3) is 0.857. The molecule has 0 spiro atoms. The summed E-state index contributed by atoms with van der Waals surface area (Å²) in [6.45, 7) is 5.75. The minimum absolute atomic E-state index is 0.353. The molecule has 0 aromatic carbocycles. The number of hydrogen-bond donors (Lipinski definition) is 0. The highest BCUT2D eigenvalue weighted by atomic mass is 35.5. The maximum absolute atomic E-state index is 11.1. The molecule has 0 aromatic heterocycles. The third kappa shape index (κ3) is 3.87. The van der Waals surface area contributed by atoms with E-state index in [1.54, 1.807) is 13.8 Å². The van der Waals surface area contributed by atoms with Crippen LogP contribution in [0.5, 0.6) is 0 Å². The van der Waals surface area contributed by atoms with Crippen LogP contribution in [0.2, 0.25) is 0 Å². The molecule has 2 nitrogen and oxygen atoms in total. The average Bonchev–Trinajstić information content (AvgIpc) is 1.88. The molecule has 0 aliphatic heterocycles. The summed E-state index contributed by atoms with van der Waals surface area (Å²) in [7, 11) is 0. The maximum Gasteiger partial charge on any atom is 0.337 e. The zero-order valence-electron chi connectivity index (χ0n) is 7.02. The van der Waals surface area contributed by atoms with E-state index in [0.29, 0.717) is 6.61 Å². The Balaban J connectivity index is 3.94. The first-order valence-electron chi connectivity index (χ1n) is 3.54. The van der Waals surface area contributed by atoms with Crippen LogP contribution in [0.15, 0.2) is 0 Å². The molecular formula is C7H13ClO2S. The number of carbonyl (C=O) groups excluding carboxylic acids is 1. The second-order valence-electron chi connectivity index (χ2n) is 2.07. The quantitative estimate of drug-likeness (QED) is 0.510. The summed E-state index contributed by atoms with van der Waals surface area (Å²) in [6, 6.07) is 0. The molecule has 0 amide bonds. The molecule has 0 saturated carbocycles. The van der Waals surface area contributed by atoms with Gasteiger partial charge < -0.3 is 4.74 Å². The van der Waals surface area contributed by atoms with E-state index in [4.69, 9.17) is 16.3 Å². The van der Waals surface area contributed by atoms with Crippen LogP contribution in [-0.2, 0) is 9.53 Å². The molecule has 11 heavy (non-hydrogen) atoms. The monoisotopic (exact) mass is 196 g/mol. The van der Waals surface area contributed by atoms with Crippen molar-refractivity contribution in [1.82, 2.24) is 0 Å². The van der Waals surface area contributed by atoms with Gasteiger partial charge in [0.25, 0.3) is 0 Å². The fourth-order valence-electron chi connectivity index (χ4n) is 0.590. The average molecular weight is 197 g/mol. The lowest BCUT2D eigenvalue weighted by Crippen LogP contribution is -2.27. The fourth-order valence-corrected chi connectivity index (χ4v) is 1.69. The van der Waals surface area contributed by atoms with E-state index >= 15 is 0 Å². The lowest BCUT2D eigenvalue weighted by molar-refractivity contribution is -0.143. The lowest BCUT2D eigenvalue weighted by atomic mass is 10.5. The van der Waals surface area contributed by atoms with Gasteiger partial charge in [0.05, 0.1) is 6.61 Å². The number of thioether (sulfide) groups is 1. The van der Waals surface area contributed by atoms with Gasteiger partial charge in [-0.05, 0) is 19.6 Å². The first-order chi connectivity index (χ1) is 5.04. The summed E-state index contributed by atoms with van der Waals surface area (Å²) in [5, 5.41) is 0. The number of halogens is 1. The van der Waals surface area contributed by atoms with Crippen LogP contribution in [0.25, 0.3) is 0 Å². The number of ether oxygens (including phenoxy) is 1. The molecular weight excluding hydrogens is 184 g/mol. The Labute approximate surface area is 76.6 Å². The highest BCUT2D eigenvalue weighted by Gasteiger charge is 2.31. The summed E-state index contributed by atoms with van der Waals surface area (Å²) < 4.78 is 3.86. The van der Waals surface area contributed by atoms with Crippen molar-refractivity contribution < 1.29 is 9.53 Å². The predicted molar refractivity (Wildman–Crippen MR) is 49.0 cm³/mol. The molecule has 0 aliphatic rings. The van der Waals surface area contributed by atoms with Gasteiger partial charge in [0, 0.05) is 0 Å². The molecule has 0 radical (unpaired) electrons. The smallest absolute Gasteiger partial charge is 0.337 e. The minimum atomic E-state index is -0.912. The number of esters is 1. The van der Waals surface area contributed by atoms with Crippen LogP contribution in [-0.4, -0.2) is 22.5 Å². The zero-order chi connectivity index (χ0) is 8.91. The van der Waals surface area contributed by atoms with Gasteiger partial charge in [-0.3, -0.25) is 0 Å². The van der Waals surface area contributed by atoms with Crippen molar-refractivity contribution in [3.63, 3.8) is 0 Å². The Hall–Kier alpha value is 0.110. The molecule has 0 rings (SSSR count). The van der Waals surface area contributed by atoms with E-state index in [1.165, 1.54) is 11.8 Å². The van der Waals surface area contributed by atoms with Gasteiger partial charge in [0.2, 0.25) is 0 Å². The van der Waals surface area contributed by atoms with Crippen molar-refractivity contribution in [2.24, 2.45) is 0 Å². The maximum atomic E-state index is 11.1. The second kappa shape index (κ2) is 4.88. The number of carbonyl (C=O) groups is 1. The van der Waals surface area contributed by atoms with Gasteiger partial charge in [0.15, 0.2) is 4.21 Å². The van der Waals surface area contributed by atoms with Gasteiger partial charge in [-0.25, -0.2) is 4.79 Å².